The van der Waals surface area contributed by atoms with Crippen LogP contribution in [0.2, 0.25) is 5.02 Å². The normalized spacial score (nSPS) is 10.2. The highest BCUT2D eigenvalue weighted by Gasteiger charge is 2.09. The van der Waals surface area contributed by atoms with E-state index in [1.807, 2.05) is 19.3 Å². The van der Waals surface area contributed by atoms with Crippen LogP contribution in [0.25, 0.3) is 0 Å². The van der Waals surface area contributed by atoms with Crippen molar-refractivity contribution in [2.75, 3.05) is 11.9 Å². The minimum Gasteiger partial charge on any atom is -0.379 e. The first kappa shape index (κ1) is 14.2. The summed E-state index contributed by atoms with van der Waals surface area (Å²) < 4.78 is 2.92. The highest BCUT2D eigenvalue weighted by Crippen LogP contribution is 2.14. The maximum absolute atomic E-state index is 12.1. The van der Waals surface area contributed by atoms with Crippen LogP contribution in [-0.4, -0.2) is 26.1 Å². The Kier molecular flexibility index (Phi) is 4.43. The molecule has 0 bridgehead atoms. The number of nitrogens with zero attached hydrogens (tertiary/aromatic N) is 4. The third-order valence-corrected chi connectivity index (χ3v) is 2.98. The van der Waals surface area contributed by atoms with Crippen LogP contribution >= 0.6 is 11.6 Å². The summed E-state index contributed by atoms with van der Waals surface area (Å²) in [6.45, 7) is 0.664. The standard InChI is InChI=1S/C13H14ClN5O/c1-3-7-19-13(20)12(11(14)9-16-19)15-6-4-10-5-8-18(2)17-10/h1,5,8-9,15H,4,6-7H2,2H3. The highest BCUT2D eigenvalue weighted by molar-refractivity contribution is 6.32. The number of hydrogen-bond donors (Lipinski definition) is 1. The van der Waals surface area contributed by atoms with E-state index in [1.54, 1.807) is 4.68 Å². The molecule has 0 atom stereocenters. The Labute approximate surface area is 121 Å². The van der Waals surface area contributed by atoms with Crippen LogP contribution in [-0.2, 0) is 20.0 Å². The van der Waals surface area contributed by atoms with Crippen molar-refractivity contribution in [3.8, 4) is 12.3 Å². The Balaban J connectivity index is 2.07. The molecule has 2 rings (SSSR count). The number of rotatable bonds is 5. The molecule has 0 spiro atoms. The van der Waals surface area contributed by atoms with Crippen LogP contribution in [0.3, 0.4) is 0 Å². The van der Waals surface area contributed by atoms with Gasteiger partial charge in [0.05, 0.1) is 16.9 Å². The first-order valence-electron chi connectivity index (χ1n) is 6.03. The molecule has 0 amide bonds. The summed E-state index contributed by atoms with van der Waals surface area (Å²) in [6, 6.07) is 1.92. The van der Waals surface area contributed by atoms with Gasteiger partial charge in [0.25, 0.3) is 5.56 Å². The van der Waals surface area contributed by atoms with Crippen molar-refractivity contribution >= 4 is 17.3 Å². The molecule has 0 aliphatic rings. The fourth-order valence-electron chi connectivity index (χ4n) is 1.74. The van der Waals surface area contributed by atoms with Gasteiger partial charge in [-0.25, -0.2) is 4.68 Å². The Hall–Kier alpha value is -2.26. The largest absolute Gasteiger partial charge is 0.379 e. The van der Waals surface area contributed by atoms with Crippen molar-refractivity contribution < 1.29 is 0 Å². The maximum atomic E-state index is 12.1. The Bertz CT molecular complexity index is 698. The van der Waals surface area contributed by atoms with Gasteiger partial charge >= 0.3 is 0 Å². The molecule has 0 saturated carbocycles. The van der Waals surface area contributed by atoms with E-state index in [9.17, 15) is 4.79 Å². The SMILES string of the molecule is C#CCn1ncc(Cl)c(NCCc2ccn(C)n2)c1=O. The van der Waals surface area contributed by atoms with Crippen molar-refractivity contribution in [3.05, 3.63) is 39.5 Å². The zero-order valence-corrected chi connectivity index (χ0v) is 11.8. The van der Waals surface area contributed by atoms with Crippen LogP contribution in [0.4, 0.5) is 5.69 Å². The van der Waals surface area contributed by atoms with Gasteiger partial charge in [-0.1, -0.05) is 17.5 Å². The van der Waals surface area contributed by atoms with E-state index in [0.717, 1.165) is 5.69 Å². The van der Waals surface area contributed by atoms with Gasteiger partial charge in [-0.05, 0) is 6.07 Å². The number of aromatic nitrogens is 4. The van der Waals surface area contributed by atoms with Gasteiger partial charge in [0.15, 0.2) is 0 Å². The molecule has 0 unspecified atom stereocenters. The van der Waals surface area contributed by atoms with Crippen molar-refractivity contribution in [3.63, 3.8) is 0 Å². The lowest BCUT2D eigenvalue weighted by atomic mass is 10.3. The predicted octanol–water partition coefficient (Wildman–Crippen LogP) is 0.918. The topological polar surface area (TPSA) is 64.7 Å². The second kappa shape index (κ2) is 6.26. The number of anilines is 1. The first-order chi connectivity index (χ1) is 9.61. The lowest BCUT2D eigenvalue weighted by Gasteiger charge is -2.08. The molecule has 2 heterocycles. The minimum absolute atomic E-state index is 0.116. The fraction of sp³-hybridized carbons (Fsp3) is 0.308. The smallest absolute Gasteiger partial charge is 0.292 e. The molecule has 2 aromatic rings. The lowest BCUT2D eigenvalue weighted by molar-refractivity contribution is 0.664. The van der Waals surface area contributed by atoms with Crippen LogP contribution < -0.4 is 10.9 Å². The Morgan fingerprint density at radius 1 is 1.55 bits per heavy atom. The Morgan fingerprint density at radius 2 is 2.35 bits per heavy atom. The zero-order chi connectivity index (χ0) is 14.5. The molecular formula is C13H14ClN5O. The second-order valence-electron chi connectivity index (χ2n) is 4.19. The van der Waals surface area contributed by atoms with Gasteiger partial charge in [-0.15, -0.1) is 6.42 Å². The average molecular weight is 292 g/mol. The summed E-state index contributed by atoms with van der Waals surface area (Å²) >= 11 is 5.98. The Morgan fingerprint density at radius 3 is 3.00 bits per heavy atom. The van der Waals surface area contributed by atoms with Gasteiger partial charge in [-0.2, -0.15) is 10.2 Å². The molecule has 0 aliphatic carbocycles. The molecule has 0 fully saturated rings. The number of nitrogens with one attached hydrogen (secondary N) is 1. The molecule has 20 heavy (non-hydrogen) atoms. The van der Waals surface area contributed by atoms with Gasteiger partial charge in [0, 0.05) is 26.2 Å². The van der Waals surface area contributed by atoms with Crippen molar-refractivity contribution in [2.24, 2.45) is 7.05 Å². The van der Waals surface area contributed by atoms with E-state index >= 15 is 0 Å². The number of halogens is 1. The molecule has 0 aromatic carbocycles. The summed E-state index contributed by atoms with van der Waals surface area (Å²) in [5.41, 5.74) is 0.929. The van der Waals surface area contributed by atoms with Crippen molar-refractivity contribution in [2.45, 2.75) is 13.0 Å². The minimum atomic E-state index is -0.323. The van der Waals surface area contributed by atoms with E-state index in [-0.39, 0.29) is 17.1 Å². The summed E-state index contributed by atoms with van der Waals surface area (Å²) in [4.78, 5) is 12.1. The summed E-state index contributed by atoms with van der Waals surface area (Å²) in [7, 11) is 1.86. The first-order valence-corrected chi connectivity index (χ1v) is 6.41. The molecular weight excluding hydrogens is 278 g/mol. The fourth-order valence-corrected chi connectivity index (χ4v) is 1.93. The molecule has 104 valence electrons. The van der Waals surface area contributed by atoms with E-state index in [1.165, 1.54) is 10.9 Å². The maximum Gasteiger partial charge on any atom is 0.292 e. The van der Waals surface area contributed by atoms with E-state index in [0.29, 0.717) is 18.7 Å². The molecule has 1 N–H and O–H groups in total. The average Bonchev–Trinajstić information content (AvgIpc) is 2.83. The van der Waals surface area contributed by atoms with Crippen molar-refractivity contribution in [1.29, 1.82) is 0 Å². The lowest BCUT2D eigenvalue weighted by Crippen LogP contribution is -2.26. The van der Waals surface area contributed by atoms with Crippen LogP contribution in [0.1, 0.15) is 5.69 Å². The highest BCUT2D eigenvalue weighted by atomic mass is 35.5. The van der Waals surface area contributed by atoms with E-state index in [2.05, 4.69) is 21.4 Å². The van der Waals surface area contributed by atoms with E-state index < -0.39 is 0 Å². The zero-order valence-electron chi connectivity index (χ0n) is 11.0. The number of terminal acetylenes is 1. The predicted molar refractivity (Wildman–Crippen MR) is 77.7 cm³/mol. The molecule has 0 saturated heterocycles. The summed E-state index contributed by atoms with van der Waals surface area (Å²) in [5, 5.41) is 11.4. The quantitative estimate of drug-likeness (QED) is 0.832. The van der Waals surface area contributed by atoms with Crippen LogP contribution in [0, 0.1) is 12.3 Å². The third-order valence-electron chi connectivity index (χ3n) is 2.69. The molecule has 6 nitrogen and oxygen atoms in total. The summed E-state index contributed by atoms with van der Waals surface area (Å²) in [5.74, 6) is 2.37. The van der Waals surface area contributed by atoms with E-state index in [4.69, 9.17) is 18.0 Å². The monoisotopic (exact) mass is 291 g/mol. The van der Waals surface area contributed by atoms with Gasteiger partial charge in [0.1, 0.15) is 12.2 Å². The van der Waals surface area contributed by atoms with Gasteiger partial charge in [-0.3, -0.25) is 9.48 Å². The van der Waals surface area contributed by atoms with Gasteiger partial charge < -0.3 is 5.32 Å². The molecule has 0 radical (unpaired) electrons. The molecule has 7 heteroatoms. The summed E-state index contributed by atoms with van der Waals surface area (Å²) in [6.07, 6.45) is 9.15. The third kappa shape index (κ3) is 3.19. The van der Waals surface area contributed by atoms with Crippen molar-refractivity contribution in [1.82, 2.24) is 19.6 Å². The second-order valence-corrected chi connectivity index (χ2v) is 4.60. The van der Waals surface area contributed by atoms with Gasteiger partial charge in [0.2, 0.25) is 0 Å². The number of aryl methyl sites for hydroxylation is 1. The number of hydrogen-bond acceptors (Lipinski definition) is 4. The molecule has 0 aliphatic heterocycles. The van der Waals surface area contributed by atoms with Crippen LogP contribution in [0.15, 0.2) is 23.3 Å². The molecule has 2 aromatic heterocycles. The van der Waals surface area contributed by atoms with Crippen LogP contribution in [0.5, 0.6) is 0 Å².